The van der Waals surface area contributed by atoms with Gasteiger partial charge < -0.3 is 14.2 Å². The van der Waals surface area contributed by atoms with Gasteiger partial charge >= 0.3 is 5.97 Å². The molecule has 1 aliphatic heterocycles. The quantitative estimate of drug-likeness (QED) is 0.360. The van der Waals surface area contributed by atoms with Crippen LogP contribution in [0.3, 0.4) is 0 Å². The van der Waals surface area contributed by atoms with Crippen molar-refractivity contribution in [3.63, 3.8) is 0 Å². The lowest BCUT2D eigenvalue weighted by atomic mass is 10.2. The van der Waals surface area contributed by atoms with Gasteiger partial charge in [0, 0.05) is 12.0 Å². The molecule has 14 heavy (non-hydrogen) atoms. The van der Waals surface area contributed by atoms with Crippen molar-refractivity contribution in [2.45, 2.75) is 6.29 Å². The van der Waals surface area contributed by atoms with E-state index < -0.39 is 12.3 Å². The van der Waals surface area contributed by atoms with Crippen molar-refractivity contribution in [1.29, 1.82) is 0 Å². The van der Waals surface area contributed by atoms with E-state index in [4.69, 9.17) is 14.2 Å². The lowest BCUT2D eigenvalue weighted by molar-refractivity contribution is -0.199. The highest BCUT2D eigenvalue weighted by Gasteiger charge is 2.22. The summed E-state index contributed by atoms with van der Waals surface area (Å²) in [7, 11) is 0. The fourth-order valence-electron chi connectivity index (χ4n) is 0.992. The lowest BCUT2D eigenvalue weighted by Gasteiger charge is -2.25. The van der Waals surface area contributed by atoms with E-state index in [1.54, 1.807) is 0 Å². The molecule has 1 fully saturated rings. The van der Waals surface area contributed by atoms with E-state index >= 15 is 0 Å². The van der Waals surface area contributed by atoms with Crippen molar-refractivity contribution >= 4 is 12.3 Å². The average Bonchev–Trinajstić information content (AvgIpc) is 2.26. The van der Waals surface area contributed by atoms with E-state index in [0.717, 1.165) is 6.08 Å². The van der Waals surface area contributed by atoms with Crippen LogP contribution in [0.2, 0.25) is 0 Å². The largest absolute Gasteiger partial charge is 0.462 e. The van der Waals surface area contributed by atoms with Crippen LogP contribution in [0.1, 0.15) is 0 Å². The molecule has 1 rings (SSSR count). The molecule has 0 spiro atoms. The summed E-state index contributed by atoms with van der Waals surface area (Å²) in [5.74, 6) is -0.488. The number of aldehydes is 1. The SMILES string of the molecule is C=CC(=O)OCC1COC(C=O)OC1. The summed E-state index contributed by atoms with van der Waals surface area (Å²) < 4.78 is 14.8. The Morgan fingerprint density at radius 1 is 1.50 bits per heavy atom. The molecule has 0 N–H and O–H groups in total. The molecule has 5 nitrogen and oxygen atoms in total. The highest BCUT2D eigenvalue weighted by atomic mass is 16.7. The van der Waals surface area contributed by atoms with Crippen LogP contribution in [-0.2, 0) is 23.8 Å². The van der Waals surface area contributed by atoms with Crippen molar-refractivity contribution in [3.05, 3.63) is 12.7 Å². The summed E-state index contributed by atoms with van der Waals surface area (Å²) in [6.45, 7) is 4.19. The normalized spacial score (nSPS) is 26.6. The van der Waals surface area contributed by atoms with E-state index in [1.165, 1.54) is 0 Å². The first-order valence-electron chi connectivity index (χ1n) is 4.24. The third kappa shape index (κ3) is 3.27. The zero-order chi connectivity index (χ0) is 10.4. The molecule has 0 radical (unpaired) electrons. The molecule has 1 aliphatic rings. The van der Waals surface area contributed by atoms with Crippen LogP contribution >= 0.6 is 0 Å². The average molecular weight is 200 g/mol. The van der Waals surface area contributed by atoms with E-state index in [0.29, 0.717) is 19.5 Å². The van der Waals surface area contributed by atoms with Crippen LogP contribution in [-0.4, -0.2) is 38.4 Å². The topological polar surface area (TPSA) is 61.8 Å². The Hall–Kier alpha value is -1.20. The molecule has 0 aromatic rings. The van der Waals surface area contributed by atoms with E-state index in [9.17, 15) is 9.59 Å². The van der Waals surface area contributed by atoms with Crippen LogP contribution in [0.15, 0.2) is 12.7 Å². The van der Waals surface area contributed by atoms with Crippen molar-refractivity contribution in [1.82, 2.24) is 0 Å². The maximum absolute atomic E-state index is 10.7. The number of esters is 1. The second kappa shape index (κ2) is 5.51. The van der Waals surface area contributed by atoms with Crippen LogP contribution in [0.4, 0.5) is 0 Å². The molecule has 0 atom stereocenters. The minimum atomic E-state index is -0.777. The highest BCUT2D eigenvalue weighted by molar-refractivity contribution is 5.81. The van der Waals surface area contributed by atoms with Crippen molar-refractivity contribution in [3.8, 4) is 0 Å². The summed E-state index contributed by atoms with van der Waals surface area (Å²) in [6.07, 6.45) is 0.909. The van der Waals surface area contributed by atoms with Gasteiger partial charge in [0.15, 0.2) is 6.29 Å². The van der Waals surface area contributed by atoms with Crippen molar-refractivity contribution in [2.24, 2.45) is 5.92 Å². The van der Waals surface area contributed by atoms with Gasteiger partial charge in [0.2, 0.25) is 6.29 Å². The minimum Gasteiger partial charge on any atom is -0.462 e. The van der Waals surface area contributed by atoms with E-state index in [-0.39, 0.29) is 12.5 Å². The first-order valence-corrected chi connectivity index (χ1v) is 4.24. The van der Waals surface area contributed by atoms with E-state index in [1.807, 2.05) is 0 Å². The molecule has 0 aromatic carbocycles. The number of carbonyl (C=O) groups excluding carboxylic acids is 2. The predicted molar refractivity (Wildman–Crippen MR) is 46.4 cm³/mol. The van der Waals surface area contributed by atoms with Crippen molar-refractivity contribution < 1.29 is 23.8 Å². The third-order valence-corrected chi connectivity index (χ3v) is 1.73. The van der Waals surface area contributed by atoms with Gasteiger partial charge in [0.25, 0.3) is 0 Å². The van der Waals surface area contributed by atoms with Gasteiger partial charge in [0.1, 0.15) is 0 Å². The lowest BCUT2D eigenvalue weighted by Crippen LogP contribution is -2.35. The summed E-state index contributed by atoms with van der Waals surface area (Å²) in [4.78, 5) is 20.9. The Bertz CT molecular complexity index is 217. The predicted octanol–water partition coefficient (Wildman–Crippen LogP) is -0.0964. The third-order valence-electron chi connectivity index (χ3n) is 1.73. The second-order valence-electron chi connectivity index (χ2n) is 2.87. The molecular formula is C9H12O5. The van der Waals surface area contributed by atoms with Gasteiger partial charge in [0.05, 0.1) is 19.8 Å². The highest BCUT2D eigenvalue weighted by Crippen LogP contribution is 2.10. The van der Waals surface area contributed by atoms with Crippen LogP contribution in [0.25, 0.3) is 0 Å². The zero-order valence-corrected chi connectivity index (χ0v) is 7.68. The standard InChI is InChI=1S/C9H12O5/c1-2-8(11)12-4-7-5-13-9(3-10)14-6-7/h2-3,7,9H,1,4-6H2. The fraction of sp³-hybridized carbons (Fsp3) is 0.556. The molecule has 0 aliphatic carbocycles. The number of ether oxygens (including phenoxy) is 3. The maximum Gasteiger partial charge on any atom is 0.330 e. The van der Waals surface area contributed by atoms with Crippen molar-refractivity contribution in [2.75, 3.05) is 19.8 Å². The van der Waals surface area contributed by atoms with Gasteiger partial charge in [-0.3, -0.25) is 4.79 Å². The number of carbonyl (C=O) groups is 2. The minimum absolute atomic E-state index is 0.0184. The summed E-state index contributed by atoms with van der Waals surface area (Å²) >= 11 is 0. The monoisotopic (exact) mass is 200 g/mol. The van der Waals surface area contributed by atoms with Gasteiger partial charge in [-0.2, -0.15) is 0 Å². The molecule has 0 amide bonds. The maximum atomic E-state index is 10.7. The molecular weight excluding hydrogens is 188 g/mol. The second-order valence-corrected chi connectivity index (χ2v) is 2.87. The van der Waals surface area contributed by atoms with E-state index in [2.05, 4.69) is 6.58 Å². The molecule has 1 heterocycles. The molecule has 0 unspecified atom stereocenters. The Balaban J connectivity index is 2.18. The molecule has 0 saturated carbocycles. The summed E-state index contributed by atoms with van der Waals surface area (Å²) in [5.41, 5.74) is 0. The Labute approximate surface area is 81.6 Å². The molecule has 0 aromatic heterocycles. The van der Waals surface area contributed by atoms with Gasteiger partial charge in [-0.15, -0.1) is 0 Å². The molecule has 0 bridgehead atoms. The van der Waals surface area contributed by atoms with Gasteiger partial charge in [-0.25, -0.2) is 4.79 Å². The summed E-state index contributed by atoms with van der Waals surface area (Å²) in [5, 5.41) is 0. The fourth-order valence-corrected chi connectivity index (χ4v) is 0.992. The molecule has 1 saturated heterocycles. The van der Waals surface area contributed by atoms with Crippen LogP contribution in [0, 0.1) is 5.92 Å². The smallest absolute Gasteiger partial charge is 0.330 e. The van der Waals surface area contributed by atoms with Crippen LogP contribution in [0.5, 0.6) is 0 Å². The first-order chi connectivity index (χ1) is 6.76. The Morgan fingerprint density at radius 2 is 2.14 bits per heavy atom. The number of hydrogen-bond acceptors (Lipinski definition) is 5. The molecule has 78 valence electrons. The number of rotatable bonds is 4. The van der Waals surface area contributed by atoms with Gasteiger partial charge in [-0.1, -0.05) is 6.58 Å². The Morgan fingerprint density at radius 3 is 2.64 bits per heavy atom. The zero-order valence-electron chi connectivity index (χ0n) is 7.68. The van der Waals surface area contributed by atoms with Crippen LogP contribution < -0.4 is 0 Å². The van der Waals surface area contributed by atoms with Gasteiger partial charge in [-0.05, 0) is 0 Å². The summed E-state index contributed by atoms with van der Waals surface area (Å²) in [6, 6.07) is 0. The molecule has 5 heteroatoms. The number of hydrogen-bond donors (Lipinski definition) is 0. The first kappa shape index (κ1) is 10.9. The Kier molecular flexibility index (Phi) is 4.28.